The number of pyridine rings is 1. The van der Waals surface area contributed by atoms with Gasteiger partial charge in [-0.3, -0.25) is 14.5 Å². The quantitative estimate of drug-likeness (QED) is 0.483. The van der Waals surface area contributed by atoms with Gasteiger partial charge in [0.05, 0.1) is 13.2 Å². The lowest BCUT2D eigenvalue weighted by Crippen LogP contribution is -2.50. The van der Waals surface area contributed by atoms with E-state index in [-0.39, 0.29) is 24.3 Å². The van der Waals surface area contributed by atoms with E-state index in [2.05, 4.69) is 20.6 Å². The monoisotopic (exact) mass is 519 g/mol. The molecule has 3 heterocycles. The number of carbonyl (C=O) groups excluding carboxylic acids is 2. The number of benzene rings is 1. The second kappa shape index (κ2) is 13.0. The van der Waals surface area contributed by atoms with Gasteiger partial charge in [0.2, 0.25) is 11.8 Å². The third kappa shape index (κ3) is 7.55. The summed E-state index contributed by atoms with van der Waals surface area (Å²) in [5.74, 6) is 1.84. The van der Waals surface area contributed by atoms with Crippen LogP contribution in [0.3, 0.4) is 0 Å². The van der Waals surface area contributed by atoms with E-state index in [0.717, 1.165) is 22.7 Å². The largest absolute Gasteiger partial charge is 0.494 e. The van der Waals surface area contributed by atoms with Crippen molar-refractivity contribution in [3.63, 3.8) is 0 Å². The van der Waals surface area contributed by atoms with E-state index in [4.69, 9.17) is 10.5 Å². The zero-order valence-corrected chi connectivity index (χ0v) is 22.1. The van der Waals surface area contributed by atoms with Crippen molar-refractivity contribution in [2.75, 3.05) is 32.0 Å². The number of anilines is 1. The number of hydrogen-bond acceptors (Lipinski definition) is 7. The summed E-state index contributed by atoms with van der Waals surface area (Å²) in [4.78, 5) is 36.9. The summed E-state index contributed by atoms with van der Waals surface area (Å²) in [7, 11) is 0. The number of rotatable bonds is 4. The maximum Gasteiger partial charge on any atom is 0.242 e. The number of amides is 2. The Kier molecular flexibility index (Phi) is 9.31. The molecule has 10 nitrogen and oxygen atoms in total. The Morgan fingerprint density at radius 1 is 1.13 bits per heavy atom. The number of nitrogens with two attached hydrogens (primary N) is 1. The van der Waals surface area contributed by atoms with E-state index in [1.807, 2.05) is 65.9 Å². The Hall–Kier alpha value is -3.92. The number of hydrogen-bond donors (Lipinski definition) is 3. The maximum atomic E-state index is 13.1. The molecule has 2 amide bonds. The molecule has 1 aliphatic rings. The highest BCUT2D eigenvalue weighted by Gasteiger charge is 2.23. The topological polar surface area (TPSA) is 127 Å². The van der Waals surface area contributed by atoms with E-state index in [0.29, 0.717) is 51.4 Å². The van der Waals surface area contributed by atoms with Crippen LogP contribution < -0.4 is 21.1 Å². The first kappa shape index (κ1) is 27.1. The molecule has 4 N–H and O–H groups in total. The highest BCUT2D eigenvalue weighted by molar-refractivity contribution is 5.88. The van der Waals surface area contributed by atoms with Crippen molar-refractivity contribution in [2.24, 2.45) is 5.92 Å². The predicted molar refractivity (Wildman–Crippen MR) is 146 cm³/mol. The molecule has 0 fully saturated rings. The third-order valence-electron chi connectivity index (χ3n) is 6.39. The summed E-state index contributed by atoms with van der Waals surface area (Å²) in [5.41, 5.74) is 7.87. The molecular weight excluding hydrogens is 482 g/mol. The summed E-state index contributed by atoms with van der Waals surface area (Å²) >= 11 is 0. The van der Waals surface area contributed by atoms with Crippen molar-refractivity contribution < 1.29 is 14.3 Å². The van der Waals surface area contributed by atoms with Crippen LogP contribution in [0.2, 0.25) is 0 Å². The van der Waals surface area contributed by atoms with Gasteiger partial charge in [-0.2, -0.15) is 0 Å². The highest BCUT2D eigenvalue weighted by Crippen LogP contribution is 2.23. The van der Waals surface area contributed by atoms with Gasteiger partial charge < -0.3 is 25.7 Å². The molecule has 0 saturated heterocycles. The van der Waals surface area contributed by atoms with Crippen LogP contribution >= 0.6 is 0 Å². The van der Waals surface area contributed by atoms with Gasteiger partial charge in [0, 0.05) is 55.9 Å². The molecule has 4 rings (SSSR count). The Labute approximate surface area is 223 Å². The van der Waals surface area contributed by atoms with Gasteiger partial charge in [-0.15, -0.1) is 0 Å². The van der Waals surface area contributed by atoms with Crippen LogP contribution in [0.4, 0.5) is 5.82 Å². The molecule has 2 bridgehead atoms. The van der Waals surface area contributed by atoms with E-state index in [1.54, 1.807) is 12.4 Å². The second-order valence-electron chi connectivity index (χ2n) is 9.97. The fourth-order valence-electron chi connectivity index (χ4n) is 4.56. The molecule has 0 saturated carbocycles. The summed E-state index contributed by atoms with van der Waals surface area (Å²) in [6.07, 6.45) is 6.53. The number of nitrogens with zero attached hydrogens (tertiary/aromatic N) is 4. The van der Waals surface area contributed by atoms with E-state index in [1.165, 1.54) is 0 Å². The number of carbonyl (C=O) groups is 2. The molecule has 0 radical (unpaired) electrons. The molecule has 2 aromatic heterocycles. The summed E-state index contributed by atoms with van der Waals surface area (Å²) < 4.78 is 8.05. The first-order valence-electron chi connectivity index (χ1n) is 13.1. The number of nitrogens with one attached hydrogen (secondary N) is 2. The minimum absolute atomic E-state index is 0.129. The molecule has 0 aliphatic carbocycles. The predicted octanol–water partition coefficient (Wildman–Crippen LogP) is 2.46. The molecule has 1 atom stereocenters. The Bertz CT molecular complexity index is 1230. The van der Waals surface area contributed by atoms with Crippen molar-refractivity contribution in [1.29, 1.82) is 0 Å². The fraction of sp³-hybridized carbons (Fsp3) is 0.429. The SMILES string of the molecule is CC(C)C[C@H]1NC(=O)CN(Cc2cccnc2N)CCCOc2cccc(c2)-c2nccn2CCNC1=O. The van der Waals surface area contributed by atoms with Crippen LogP contribution in [0.1, 0.15) is 32.3 Å². The molecule has 1 aliphatic heterocycles. The fourth-order valence-corrected chi connectivity index (χ4v) is 4.56. The number of aromatic nitrogens is 3. The van der Waals surface area contributed by atoms with Crippen LogP contribution in [0.15, 0.2) is 55.0 Å². The van der Waals surface area contributed by atoms with E-state index < -0.39 is 6.04 Å². The molecular formula is C28H37N7O3. The summed E-state index contributed by atoms with van der Waals surface area (Å²) in [6, 6.07) is 11.0. The lowest BCUT2D eigenvalue weighted by Gasteiger charge is -2.25. The highest BCUT2D eigenvalue weighted by atomic mass is 16.5. The van der Waals surface area contributed by atoms with Crippen molar-refractivity contribution in [2.45, 2.75) is 45.8 Å². The smallest absolute Gasteiger partial charge is 0.242 e. The van der Waals surface area contributed by atoms with Crippen LogP contribution in [0.25, 0.3) is 11.4 Å². The zero-order chi connectivity index (χ0) is 26.9. The van der Waals surface area contributed by atoms with Crippen LogP contribution in [0, 0.1) is 5.92 Å². The number of fused-ring (bicyclic) bond motifs is 4. The number of nitrogen functional groups attached to an aromatic ring is 1. The molecule has 10 heteroatoms. The molecule has 0 unspecified atom stereocenters. The van der Waals surface area contributed by atoms with Crippen molar-refractivity contribution in [1.82, 2.24) is 30.1 Å². The molecule has 0 spiro atoms. The maximum absolute atomic E-state index is 13.1. The van der Waals surface area contributed by atoms with Crippen LogP contribution in [-0.4, -0.2) is 63.5 Å². The summed E-state index contributed by atoms with van der Waals surface area (Å²) in [6.45, 7) is 6.72. The minimum Gasteiger partial charge on any atom is -0.494 e. The molecule has 202 valence electrons. The Morgan fingerprint density at radius 2 is 2.00 bits per heavy atom. The molecule has 1 aromatic carbocycles. The number of ether oxygens (including phenoxy) is 1. The Balaban J connectivity index is 1.56. The molecule has 38 heavy (non-hydrogen) atoms. The van der Waals surface area contributed by atoms with Gasteiger partial charge in [-0.25, -0.2) is 9.97 Å². The van der Waals surface area contributed by atoms with Crippen molar-refractivity contribution in [3.8, 4) is 17.1 Å². The van der Waals surface area contributed by atoms with Gasteiger partial charge in [-0.1, -0.05) is 32.0 Å². The van der Waals surface area contributed by atoms with E-state index in [9.17, 15) is 9.59 Å². The standard InChI is InChI=1S/C28H37N7O3/c1-20(2)16-24-28(37)32-11-14-35-13-10-31-27(35)21-6-3-8-23(17-21)38-15-5-12-34(19-25(36)33-24)18-22-7-4-9-30-26(22)29/h3-4,6-10,13,17,20,24H,5,11-12,14-16,18-19H2,1-2H3,(H2,29,30)(H,32,37)(H,33,36)/t24-/m1/s1. The van der Waals surface area contributed by atoms with Gasteiger partial charge in [0.1, 0.15) is 23.4 Å². The van der Waals surface area contributed by atoms with Crippen molar-refractivity contribution in [3.05, 3.63) is 60.6 Å². The van der Waals surface area contributed by atoms with E-state index >= 15 is 0 Å². The van der Waals surface area contributed by atoms with Gasteiger partial charge in [0.25, 0.3) is 0 Å². The first-order valence-corrected chi connectivity index (χ1v) is 13.1. The number of imidazole rings is 1. The zero-order valence-electron chi connectivity index (χ0n) is 22.1. The minimum atomic E-state index is -0.617. The van der Waals surface area contributed by atoms with Crippen molar-refractivity contribution >= 4 is 17.6 Å². The van der Waals surface area contributed by atoms with Gasteiger partial charge in [0.15, 0.2) is 0 Å². The lowest BCUT2D eigenvalue weighted by atomic mass is 10.0. The second-order valence-corrected chi connectivity index (χ2v) is 9.97. The average Bonchev–Trinajstić information content (AvgIpc) is 3.35. The lowest BCUT2D eigenvalue weighted by molar-refractivity contribution is -0.130. The van der Waals surface area contributed by atoms with Gasteiger partial charge in [-0.05, 0) is 37.0 Å². The normalized spacial score (nSPS) is 18.0. The van der Waals surface area contributed by atoms with Crippen LogP contribution in [-0.2, 0) is 22.7 Å². The average molecular weight is 520 g/mol. The van der Waals surface area contributed by atoms with Crippen LogP contribution in [0.5, 0.6) is 5.75 Å². The summed E-state index contributed by atoms with van der Waals surface area (Å²) in [5, 5.41) is 5.96. The van der Waals surface area contributed by atoms with Gasteiger partial charge >= 0.3 is 0 Å². The molecule has 3 aromatic rings. The first-order chi connectivity index (χ1) is 18.4. The third-order valence-corrected chi connectivity index (χ3v) is 6.39. The Morgan fingerprint density at radius 3 is 2.82 bits per heavy atom.